The van der Waals surface area contributed by atoms with Crippen molar-refractivity contribution in [2.75, 3.05) is 0 Å². The highest BCUT2D eigenvalue weighted by Gasteiger charge is 2.16. The van der Waals surface area contributed by atoms with Crippen LogP contribution in [0.3, 0.4) is 0 Å². The highest BCUT2D eigenvalue weighted by molar-refractivity contribution is 5.85. The maximum absolute atomic E-state index is 11.1. The van der Waals surface area contributed by atoms with Gasteiger partial charge in [-0.1, -0.05) is 26.0 Å². The zero-order valence-electron chi connectivity index (χ0n) is 11.8. The van der Waals surface area contributed by atoms with Crippen molar-refractivity contribution >= 4 is 11.9 Å². The molecular weight excluding hydrogens is 272 g/mol. The summed E-state index contributed by atoms with van der Waals surface area (Å²) in [5.41, 5.74) is 2.18. The van der Waals surface area contributed by atoms with Crippen LogP contribution in [0.4, 0.5) is 0 Å². The maximum Gasteiger partial charge on any atom is 0.356 e. The maximum atomic E-state index is 11.1. The number of aliphatic carboxylic acids is 1. The molecule has 110 valence electrons. The van der Waals surface area contributed by atoms with Gasteiger partial charge in [0.25, 0.3) is 0 Å². The molecule has 0 aliphatic carbocycles. The molecule has 1 aromatic heterocycles. The van der Waals surface area contributed by atoms with E-state index in [2.05, 4.69) is 5.10 Å². The van der Waals surface area contributed by atoms with Gasteiger partial charge in [0.2, 0.25) is 0 Å². The number of nitrogens with zero attached hydrogens (tertiary/aromatic N) is 2. The van der Waals surface area contributed by atoms with Gasteiger partial charge in [-0.3, -0.25) is 4.79 Å². The van der Waals surface area contributed by atoms with Crippen molar-refractivity contribution in [1.29, 1.82) is 0 Å². The van der Waals surface area contributed by atoms with Crippen molar-refractivity contribution in [2.24, 2.45) is 0 Å². The summed E-state index contributed by atoms with van der Waals surface area (Å²) in [6.45, 7) is 3.91. The minimum atomic E-state index is -1.07. The fourth-order valence-electron chi connectivity index (χ4n) is 2.05. The van der Waals surface area contributed by atoms with Crippen molar-refractivity contribution < 1.29 is 19.8 Å². The number of aromatic carboxylic acids is 1. The van der Waals surface area contributed by atoms with E-state index in [-0.39, 0.29) is 18.0 Å². The van der Waals surface area contributed by atoms with Gasteiger partial charge >= 0.3 is 11.9 Å². The van der Waals surface area contributed by atoms with Crippen LogP contribution in [0.15, 0.2) is 30.3 Å². The number of carboxylic acid groups (broad SMARTS) is 2. The summed E-state index contributed by atoms with van der Waals surface area (Å²) in [6.07, 6.45) is -0.0448. The van der Waals surface area contributed by atoms with E-state index in [1.54, 1.807) is 35.0 Å². The summed E-state index contributed by atoms with van der Waals surface area (Å²) >= 11 is 0. The third-order valence-corrected chi connectivity index (χ3v) is 3.08. The Morgan fingerprint density at radius 2 is 1.81 bits per heavy atom. The standard InChI is InChI=1S/C15H16N2O4/c1-9(2)13-8-12(15(20)21)16-17(13)11-5-3-10(4-6-11)7-14(18)19/h3-6,8-9H,7H2,1-2H3,(H,18,19)(H,20,21). The molecule has 0 radical (unpaired) electrons. The second-order valence-electron chi connectivity index (χ2n) is 5.06. The lowest BCUT2D eigenvalue weighted by atomic mass is 10.1. The molecule has 2 N–H and O–H groups in total. The third kappa shape index (κ3) is 3.28. The van der Waals surface area contributed by atoms with Crippen LogP contribution in [0.1, 0.15) is 41.5 Å². The number of hydrogen-bond acceptors (Lipinski definition) is 3. The predicted octanol–water partition coefficient (Wildman–Crippen LogP) is 2.32. The second kappa shape index (κ2) is 5.78. The number of carboxylic acids is 2. The average molecular weight is 288 g/mol. The van der Waals surface area contributed by atoms with Gasteiger partial charge in [0.05, 0.1) is 12.1 Å². The first-order valence-electron chi connectivity index (χ1n) is 6.53. The Kier molecular flexibility index (Phi) is 4.07. The van der Waals surface area contributed by atoms with Gasteiger partial charge in [0.15, 0.2) is 5.69 Å². The van der Waals surface area contributed by atoms with Crippen LogP contribution in [-0.4, -0.2) is 31.9 Å². The van der Waals surface area contributed by atoms with Crippen LogP contribution in [0.25, 0.3) is 5.69 Å². The zero-order chi connectivity index (χ0) is 15.6. The Labute approximate surface area is 121 Å². The molecule has 0 amide bonds. The van der Waals surface area contributed by atoms with E-state index < -0.39 is 11.9 Å². The molecule has 0 fully saturated rings. The summed E-state index contributed by atoms with van der Waals surface area (Å²) in [5, 5.41) is 21.9. The van der Waals surface area contributed by atoms with Crippen LogP contribution < -0.4 is 0 Å². The van der Waals surface area contributed by atoms with Gasteiger partial charge in [-0.05, 0) is 29.7 Å². The Bertz CT molecular complexity index is 671. The lowest BCUT2D eigenvalue weighted by Crippen LogP contribution is -2.05. The summed E-state index contributed by atoms with van der Waals surface area (Å²) in [6, 6.07) is 8.44. The number of aromatic nitrogens is 2. The molecule has 0 aliphatic heterocycles. The van der Waals surface area contributed by atoms with E-state index in [1.807, 2.05) is 13.8 Å². The summed E-state index contributed by atoms with van der Waals surface area (Å²) in [7, 11) is 0. The minimum absolute atomic E-state index is 0.00619. The molecule has 2 aromatic rings. The fourth-order valence-corrected chi connectivity index (χ4v) is 2.05. The monoisotopic (exact) mass is 288 g/mol. The first-order chi connectivity index (χ1) is 9.88. The fraction of sp³-hybridized carbons (Fsp3) is 0.267. The van der Waals surface area contributed by atoms with E-state index in [1.165, 1.54) is 0 Å². The molecule has 6 heteroatoms. The second-order valence-corrected chi connectivity index (χ2v) is 5.06. The molecule has 0 bridgehead atoms. The highest BCUT2D eigenvalue weighted by Crippen LogP contribution is 2.21. The quantitative estimate of drug-likeness (QED) is 0.880. The van der Waals surface area contributed by atoms with Crippen molar-refractivity contribution in [2.45, 2.75) is 26.2 Å². The van der Waals surface area contributed by atoms with Gasteiger partial charge in [0.1, 0.15) is 0 Å². The molecule has 21 heavy (non-hydrogen) atoms. The van der Waals surface area contributed by atoms with Crippen molar-refractivity contribution in [1.82, 2.24) is 9.78 Å². The Morgan fingerprint density at radius 1 is 1.19 bits per heavy atom. The summed E-state index contributed by atoms with van der Waals surface area (Å²) < 4.78 is 1.58. The van der Waals surface area contributed by atoms with E-state index in [0.717, 1.165) is 5.69 Å². The lowest BCUT2D eigenvalue weighted by Gasteiger charge is -2.10. The molecule has 0 atom stereocenters. The van der Waals surface area contributed by atoms with Gasteiger partial charge in [-0.15, -0.1) is 0 Å². The van der Waals surface area contributed by atoms with Crippen LogP contribution in [-0.2, 0) is 11.2 Å². The van der Waals surface area contributed by atoms with Crippen LogP contribution in [0.2, 0.25) is 0 Å². The summed E-state index contributed by atoms with van der Waals surface area (Å²) in [5.74, 6) is -1.85. The predicted molar refractivity (Wildman–Crippen MR) is 76.0 cm³/mol. The zero-order valence-corrected chi connectivity index (χ0v) is 11.8. The molecule has 0 saturated heterocycles. The largest absolute Gasteiger partial charge is 0.481 e. The van der Waals surface area contributed by atoms with Gasteiger partial charge in [0, 0.05) is 5.69 Å². The van der Waals surface area contributed by atoms with Gasteiger partial charge < -0.3 is 10.2 Å². The van der Waals surface area contributed by atoms with Crippen LogP contribution in [0, 0.1) is 0 Å². The number of carbonyl (C=O) groups is 2. The first kappa shape index (κ1) is 14.8. The van der Waals surface area contributed by atoms with E-state index in [9.17, 15) is 9.59 Å². The normalized spacial score (nSPS) is 10.8. The summed E-state index contributed by atoms with van der Waals surface area (Å²) in [4.78, 5) is 21.7. The topological polar surface area (TPSA) is 92.4 Å². The SMILES string of the molecule is CC(C)c1cc(C(=O)O)nn1-c1ccc(CC(=O)O)cc1. The number of benzene rings is 1. The van der Waals surface area contributed by atoms with Crippen molar-refractivity contribution in [3.63, 3.8) is 0 Å². The van der Waals surface area contributed by atoms with Crippen LogP contribution >= 0.6 is 0 Å². The molecule has 6 nitrogen and oxygen atoms in total. The Morgan fingerprint density at radius 3 is 2.29 bits per heavy atom. The number of rotatable bonds is 5. The Balaban J connectivity index is 2.40. The minimum Gasteiger partial charge on any atom is -0.481 e. The van der Waals surface area contributed by atoms with Crippen LogP contribution in [0.5, 0.6) is 0 Å². The highest BCUT2D eigenvalue weighted by atomic mass is 16.4. The molecule has 0 aliphatic rings. The Hall–Kier alpha value is -2.63. The van der Waals surface area contributed by atoms with Gasteiger partial charge in [-0.2, -0.15) is 5.10 Å². The molecular formula is C15H16N2O4. The van der Waals surface area contributed by atoms with Gasteiger partial charge in [-0.25, -0.2) is 9.48 Å². The molecule has 2 rings (SSSR count). The van der Waals surface area contributed by atoms with E-state index >= 15 is 0 Å². The van der Waals surface area contributed by atoms with E-state index in [0.29, 0.717) is 11.3 Å². The van der Waals surface area contributed by atoms with Crippen molar-refractivity contribution in [3.8, 4) is 5.69 Å². The molecule has 0 saturated carbocycles. The molecule has 1 heterocycles. The van der Waals surface area contributed by atoms with E-state index in [4.69, 9.17) is 10.2 Å². The number of hydrogen-bond donors (Lipinski definition) is 2. The van der Waals surface area contributed by atoms with Crippen molar-refractivity contribution in [3.05, 3.63) is 47.3 Å². The smallest absolute Gasteiger partial charge is 0.356 e. The molecule has 0 spiro atoms. The molecule has 0 unspecified atom stereocenters. The first-order valence-corrected chi connectivity index (χ1v) is 6.53. The molecule has 1 aromatic carbocycles. The lowest BCUT2D eigenvalue weighted by molar-refractivity contribution is -0.136. The average Bonchev–Trinajstić information content (AvgIpc) is 2.84. The third-order valence-electron chi connectivity index (χ3n) is 3.08.